The van der Waals surface area contributed by atoms with Gasteiger partial charge in [0.05, 0.1) is 15.7 Å². The molecule has 1 heterocycles. The van der Waals surface area contributed by atoms with Crippen molar-refractivity contribution in [2.75, 3.05) is 11.8 Å². The molecule has 0 amide bonds. The van der Waals surface area contributed by atoms with E-state index in [9.17, 15) is 8.42 Å². The minimum absolute atomic E-state index is 0.185. The molecule has 0 aliphatic rings. The van der Waals surface area contributed by atoms with E-state index in [2.05, 4.69) is 10.0 Å². The topological polar surface area (TPSA) is 58.2 Å². The maximum Gasteiger partial charge on any atom is 0.271 e. The maximum atomic E-state index is 12.3. The van der Waals surface area contributed by atoms with Crippen LogP contribution < -0.4 is 10.0 Å². The predicted molar refractivity (Wildman–Crippen MR) is 84.4 cm³/mol. The van der Waals surface area contributed by atoms with Gasteiger partial charge in [-0.3, -0.25) is 4.72 Å². The van der Waals surface area contributed by atoms with Crippen LogP contribution in [0.4, 0.5) is 5.69 Å². The molecule has 0 fully saturated rings. The van der Waals surface area contributed by atoms with Gasteiger partial charge in [0.1, 0.15) is 4.21 Å². The van der Waals surface area contributed by atoms with E-state index in [0.717, 1.165) is 4.88 Å². The lowest BCUT2D eigenvalue weighted by molar-refractivity contribution is 0.603. The second-order valence-electron chi connectivity index (χ2n) is 3.96. The van der Waals surface area contributed by atoms with E-state index in [4.69, 9.17) is 23.2 Å². The molecule has 2 N–H and O–H groups in total. The molecule has 20 heavy (non-hydrogen) atoms. The first-order chi connectivity index (χ1) is 9.44. The summed E-state index contributed by atoms with van der Waals surface area (Å²) >= 11 is 13.0. The molecular weight excluding hydrogens is 339 g/mol. The van der Waals surface area contributed by atoms with E-state index in [-0.39, 0.29) is 14.9 Å². The van der Waals surface area contributed by atoms with Crippen LogP contribution in [0.3, 0.4) is 0 Å². The summed E-state index contributed by atoms with van der Waals surface area (Å²) < 4.78 is 27.2. The molecule has 0 spiro atoms. The molecule has 0 saturated heterocycles. The largest absolute Gasteiger partial charge is 0.315 e. The lowest BCUT2D eigenvalue weighted by Crippen LogP contribution is -2.11. The minimum Gasteiger partial charge on any atom is -0.315 e. The number of thiophene rings is 1. The first-order valence-corrected chi connectivity index (χ1v) is 8.70. The van der Waals surface area contributed by atoms with Gasteiger partial charge in [-0.2, -0.15) is 0 Å². The van der Waals surface area contributed by atoms with Gasteiger partial charge in [-0.05, 0) is 31.3 Å². The molecule has 0 aliphatic carbocycles. The van der Waals surface area contributed by atoms with Crippen LogP contribution in [0, 0.1) is 0 Å². The fourth-order valence-electron chi connectivity index (χ4n) is 1.55. The summed E-state index contributed by atoms with van der Waals surface area (Å²) in [4.78, 5) is 0.935. The zero-order valence-electron chi connectivity index (χ0n) is 10.5. The molecule has 1 aromatic heterocycles. The van der Waals surface area contributed by atoms with Crippen molar-refractivity contribution < 1.29 is 8.42 Å². The Morgan fingerprint density at radius 1 is 1.20 bits per heavy atom. The fourth-order valence-corrected chi connectivity index (χ4v) is 4.39. The lowest BCUT2D eigenvalue weighted by Gasteiger charge is -2.08. The Morgan fingerprint density at radius 3 is 2.65 bits per heavy atom. The normalized spacial score (nSPS) is 11.6. The summed E-state index contributed by atoms with van der Waals surface area (Å²) in [5.74, 6) is 0. The van der Waals surface area contributed by atoms with Crippen LogP contribution in [0.5, 0.6) is 0 Å². The highest BCUT2D eigenvalue weighted by molar-refractivity contribution is 7.94. The highest BCUT2D eigenvalue weighted by Gasteiger charge is 2.18. The van der Waals surface area contributed by atoms with E-state index in [1.165, 1.54) is 11.3 Å². The summed E-state index contributed by atoms with van der Waals surface area (Å²) in [6.07, 6.45) is 0. The molecule has 0 radical (unpaired) electrons. The number of rotatable bonds is 5. The van der Waals surface area contributed by atoms with Crippen molar-refractivity contribution in [3.05, 3.63) is 45.3 Å². The van der Waals surface area contributed by atoms with Crippen LogP contribution in [0.2, 0.25) is 10.0 Å². The van der Waals surface area contributed by atoms with Gasteiger partial charge in [0.2, 0.25) is 0 Å². The van der Waals surface area contributed by atoms with E-state index in [1.54, 1.807) is 37.4 Å². The Labute approximate surface area is 131 Å². The molecule has 108 valence electrons. The third-order valence-corrected chi connectivity index (χ3v) is 6.21. The van der Waals surface area contributed by atoms with Crippen molar-refractivity contribution in [3.8, 4) is 0 Å². The number of hydrogen-bond acceptors (Lipinski definition) is 4. The fraction of sp³-hybridized carbons (Fsp3) is 0.167. The van der Waals surface area contributed by atoms with Gasteiger partial charge in [-0.1, -0.05) is 29.3 Å². The number of anilines is 1. The van der Waals surface area contributed by atoms with Crippen molar-refractivity contribution in [2.24, 2.45) is 0 Å². The highest BCUT2D eigenvalue weighted by atomic mass is 35.5. The Balaban J connectivity index is 2.28. The predicted octanol–water partition coefficient (Wildman–Crippen LogP) is 3.58. The number of halogens is 2. The number of sulfonamides is 1. The first kappa shape index (κ1) is 15.6. The van der Waals surface area contributed by atoms with E-state index >= 15 is 0 Å². The van der Waals surface area contributed by atoms with Crippen LogP contribution >= 0.6 is 34.5 Å². The van der Waals surface area contributed by atoms with Gasteiger partial charge >= 0.3 is 0 Å². The maximum absolute atomic E-state index is 12.3. The molecule has 0 saturated carbocycles. The smallest absolute Gasteiger partial charge is 0.271 e. The molecule has 4 nitrogen and oxygen atoms in total. The Kier molecular flexibility index (Phi) is 4.93. The third-order valence-electron chi connectivity index (χ3n) is 2.45. The third kappa shape index (κ3) is 3.45. The van der Waals surface area contributed by atoms with E-state index in [0.29, 0.717) is 11.6 Å². The van der Waals surface area contributed by atoms with Crippen LogP contribution in [-0.2, 0) is 16.6 Å². The molecule has 0 aliphatic heterocycles. The van der Waals surface area contributed by atoms with Gasteiger partial charge in [-0.15, -0.1) is 11.3 Å². The molecule has 2 aromatic rings. The van der Waals surface area contributed by atoms with Crippen LogP contribution in [0.1, 0.15) is 4.88 Å². The monoisotopic (exact) mass is 350 g/mol. The van der Waals surface area contributed by atoms with Crippen molar-refractivity contribution >= 4 is 50.2 Å². The van der Waals surface area contributed by atoms with E-state index < -0.39 is 10.0 Å². The average molecular weight is 351 g/mol. The molecule has 0 bridgehead atoms. The molecule has 0 atom stereocenters. The summed E-state index contributed by atoms with van der Waals surface area (Å²) in [7, 11) is -1.85. The number of benzene rings is 1. The molecule has 0 unspecified atom stereocenters. The minimum atomic E-state index is -3.65. The van der Waals surface area contributed by atoms with Crippen LogP contribution in [-0.4, -0.2) is 15.5 Å². The molecule has 2 rings (SSSR count). The van der Waals surface area contributed by atoms with Gasteiger partial charge in [0, 0.05) is 11.4 Å². The lowest BCUT2D eigenvalue weighted by atomic mass is 10.3. The number of hydrogen-bond donors (Lipinski definition) is 2. The first-order valence-electron chi connectivity index (χ1n) is 5.64. The second kappa shape index (κ2) is 6.32. The average Bonchev–Trinajstić information content (AvgIpc) is 2.85. The van der Waals surface area contributed by atoms with Crippen molar-refractivity contribution in [3.63, 3.8) is 0 Å². The zero-order valence-corrected chi connectivity index (χ0v) is 13.6. The zero-order chi connectivity index (χ0) is 14.8. The van der Waals surface area contributed by atoms with E-state index in [1.807, 2.05) is 0 Å². The quantitative estimate of drug-likeness (QED) is 0.866. The SMILES string of the molecule is CNCc1ccc(S(=O)(=O)Nc2cccc(Cl)c2Cl)s1. The molecular formula is C12H12Cl2N2O2S2. The summed E-state index contributed by atoms with van der Waals surface area (Å²) in [5, 5.41) is 3.46. The van der Waals surface area contributed by atoms with Crippen LogP contribution in [0.15, 0.2) is 34.5 Å². The number of nitrogens with one attached hydrogen (secondary N) is 2. The molecule has 8 heteroatoms. The second-order valence-corrected chi connectivity index (χ2v) is 7.82. The van der Waals surface area contributed by atoms with Gasteiger partial charge in [0.15, 0.2) is 0 Å². The summed E-state index contributed by atoms with van der Waals surface area (Å²) in [5.41, 5.74) is 0.266. The summed E-state index contributed by atoms with van der Waals surface area (Å²) in [6.45, 7) is 0.623. The Hall–Kier alpha value is -0.790. The Bertz CT molecular complexity index is 714. The van der Waals surface area contributed by atoms with Gasteiger partial charge in [0.25, 0.3) is 10.0 Å². The van der Waals surface area contributed by atoms with Crippen molar-refractivity contribution in [2.45, 2.75) is 10.8 Å². The van der Waals surface area contributed by atoms with Gasteiger partial charge < -0.3 is 5.32 Å². The standard InChI is InChI=1S/C12H12Cl2N2O2S2/c1-15-7-8-5-6-11(19-8)20(17,18)16-10-4-2-3-9(13)12(10)14/h2-6,15-16H,7H2,1H3. The highest BCUT2D eigenvalue weighted by Crippen LogP contribution is 2.32. The van der Waals surface area contributed by atoms with Crippen LogP contribution in [0.25, 0.3) is 0 Å². The van der Waals surface area contributed by atoms with Crippen molar-refractivity contribution in [1.29, 1.82) is 0 Å². The van der Waals surface area contributed by atoms with Gasteiger partial charge in [-0.25, -0.2) is 8.42 Å². The Morgan fingerprint density at radius 2 is 1.95 bits per heavy atom. The summed E-state index contributed by atoms with van der Waals surface area (Å²) in [6, 6.07) is 8.13. The van der Waals surface area contributed by atoms with Crippen molar-refractivity contribution in [1.82, 2.24) is 5.32 Å². The molecule has 1 aromatic carbocycles.